The van der Waals surface area contributed by atoms with Gasteiger partial charge >= 0.3 is 0 Å². The second kappa shape index (κ2) is 7.78. The number of thiocarbonyl (C=S) groups is 1. The molecule has 1 rings (SSSR count). The van der Waals surface area contributed by atoms with Gasteiger partial charge in [0.1, 0.15) is 5.82 Å². The van der Waals surface area contributed by atoms with E-state index < -0.39 is 0 Å². The lowest BCUT2D eigenvalue weighted by atomic mass is 10.1. The van der Waals surface area contributed by atoms with Crippen LogP contribution in [0.4, 0.5) is 4.39 Å². The van der Waals surface area contributed by atoms with Gasteiger partial charge in [0.05, 0.1) is 4.99 Å². The molecule has 0 spiro atoms. The molecule has 1 aromatic carbocycles. The third-order valence-electron chi connectivity index (χ3n) is 2.70. The predicted octanol–water partition coefficient (Wildman–Crippen LogP) is 3.61. The first kappa shape index (κ1) is 16.3. The summed E-state index contributed by atoms with van der Waals surface area (Å²) < 4.78 is 13.3. The SMILES string of the molecule is CC(C)CN(CCC(N)=S)Cc1cc(F)ccc1Cl. The van der Waals surface area contributed by atoms with Crippen molar-refractivity contribution in [3.8, 4) is 0 Å². The van der Waals surface area contributed by atoms with E-state index >= 15 is 0 Å². The molecule has 0 saturated carbocycles. The van der Waals surface area contributed by atoms with Crippen LogP contribution < -0.4 is 5.73 Å². The molecule has 106 valence electrons. The molecule has 0 bridgehead atoms. The lowest BCUT2D eigenvalue weighted by molar-refractivity contribution is 0.242. The summed E-state index contributed by atoms with van der Waals surface area (Å²) in [5, 5.41) is 0.588. The molecular formula is C14H20ClFN2S. The topological polar surface area (TPSA) is 29.3 Å². The van der Waals surface area contributed by atoms with E-state index in [1.54, 1.807) is 6.07 Å². The number of benzene rings is 1. The Bertz CT molecular complexity index is 437. The van der Waals surface area contributed by atoms with Crippen molar-refractivity contribution < 1.29 is 4.39 Å². The molecule has 0 amide bonds. The molecule has 1 aromatic rings. The highest BCUT2D eigenvalue weighted by atomic mass is 35.5. The normalized spacial score (nSPS) is 11.3. The van der Waals surface area contributed by atoms with Gasteiger partial charge in [-0.1, -0.05) is 37.7 Å². The fourth-order valence-electron chi connectivity index (χ4n) is 1.92. The monoisotopic (exact) mass is 302 g/mol. The van der Waals surface area contributed by atoms with E-state index in [1.165, 1.54) is 12.1 Å². The van der Waals surface area contributed by atoms with Gasteiger partial charge in [0.2, 0.25) is 0 Å². The zero-order valence-corrected chi connectivity index (χ0v) is 12.9. The van der Waals surface area contributed by atoms with Crippen LogP contribution in [0, 0.1) is 11.7 Å². The zero-order valence-electron chi connectivity index (χ0n) is 11.3. The third kappa shape index (κ3) is 6.32. The highest BCUT2D eigenvalue weighted by Crippen LogP contribution is 2.19. The summed E-state index contributed by atoms with van der Waals surface area (Å²) in [6.45, 7) is 6.55. The molecule has 0 heterocycles. The van der Waals surface area contributed by atoms with Crippen molar-refractivity contribution in [1.29, 1.82) is 0 Å². The first-order chi connectivity index (χ1) is 8.88. The maximum absolute atomic E-state index is 13.3. The van der Waals surface area contributed by atoms with Gasteiger partial charge in [-0.2, -0.15) is 0 Å². The van der Waals surface area contributed by atoms with Gasteiger partial charge in [0.15, 0.2) is 0 Å². The van der Waals surface area contributed by atoms with E-state index in [0.717, 1.165) is 18.7 Å². The molecule has 2 nitrogen and oxygen atoms in total. The highest BCUT2D eigenvalue weighted by Gasteiger charge is 2.11. The number of rotatable bonds is 7. The van der Waals surface area contributed by atoms with Crippen LogP contribution in [0.3, 0.4) is 0 Å². The lowest BCUT2D eigenvalue weighted by Crippen LogP contribution is -2.30. The van der Waals surface area contributed by atoms with Gasteiger partial charge in [-0.05, 0) is 29.7 Å². The van der Waals surface area contributed by atoms with Crippen molar-refractivity contribution in [1.82, 2.24) is 4.90 Å². The van der Waals surface area contributed by atoms with Crippen LogP contribution >= 0.6 is 23.8 Å². The molecule has 0 atom stereocenters. The molecule has 2 N–H and O–H groups in total. The van der Waals surface area contributed by atoms with Gasteiger partial charge in [-0.15, -0.1) is 0 Å². The summed E-state index contributed by atoms with van der Waals surface area (Å²) in [6.07, 6.45) is 0.662. The van der Waals surface area contributed by atoms with E-state index in [1.807, 2.05) is 0 Å². The van der Waals surface area contributed by atoms with Crippen molar-refractivity contribution in [3.63, 3.8) is 0 Å². The van der Waals surface area contributed by atoms with E-state index in [9.17, 15) is 4.39 Å². The predicted molar refractivity (Wildman–Crippen MR) is 82.9 cm³/mol. The number of hydrogen-bond donors (Lipinski definition) is 1. The van der Waals surface area contributed by atoms with Crippen molar-refractivity contribution in [2.45, 2.75) is 26.8 Å². The first-order valence-corrected chi connectivity index (χ1v) is 7.11. The van der Waals surface area contributed by atoms with Gasteiger partial charge in [0.25, 0.3) is 0 Å². The Morgan fingerprint density at radius 1 is 1.47 bits per heavy atom. The summed E-state index contributed by atoms with van der Waals surface area (Å²) in [5.74, 6) is 0.247. The Morgan fingerprint density at radius 2 is 2.16 bits per heavy atom. The van der Waals surface area contributed by atoms with Crippen LogP contribution in [0.2, 0.25) is 5.02 Å². The van der Waals surface area contributed by atoms with Gasteiger partial charge < -0.3 is 5.73 Å². The Morgan fingerprint density at radius 3 is 2.74 bits per heavy atom. The molecule has 0 radical (unpaired) electrons. The number of halogens is 2. The number of hydrogen-bond acceptors (Lipinski definition) is 2. The summed E-state index contributed by atoms with van der Waals surface area (Å²) in [4.78, 5) is 2.70. The fourth-order valence-corrected chi connectivity index (χ4v) is 2.19. The first-order valence-electron chi connectivity index (χ1n) is 6.33. The second-order valence-corrected chi connectivity index (χ2v) is 6.01. The standard InChI is InChI=1S/C14H20ClFN2S/c1-10(2)8-18(6-5-14(17)19)9-11-7-12(16)3-4-13(11)15/h3-4,7,10H,5-6,8-9H2,1-2H3,(H2,17,19). The van der Waals surface area contributed by atoms with E-state index in [2.05, 4.69) is 18.7 Å². The molecule has 0 unspecified atom stereocenters. The maximum atomic E-state index is 13.3. The minimum Gasteiger partial charge on any atom is -0.393 e. The van der Waals surface area contributed by atoms with Crippen molar-refractivity contribution in [2.24, 2.45) is 11.7 Å². The Hall–Kier alpha value is -0.710. The molecule has 0 fully saturated rings. The van der Waals surface area contributed by atoms with Crippen LogP contribution in [0.5, 0.6) is 0 Å². The van der Waals surface area contributed by atoms with E-state index in [4.69, 9.17) is 29.6 Å². The Kier molecular flexibility index (Phi) is 6.69. The molecule has 0 saturated heterocycles. The van der Waals surface area contributed by atoms with Gasteiger partial charge in [0, 0.05) is 31.1 Å². The molecule has 0 aromatic heterocycles. The summed E-state index contributed by atoms with van der Waals surface area (Å²) >= 11 is 11.0. The average molecular weight is 303 g/mol. The molecule has 0 aliphatic rings. The van der Waals surface area contributed by atoms with E-state index in [0.29, 0.717) is 28.9 Å². The van der Waals surface area contributed by atoms with E-state index in [-0.39, 0.29) is 5.82 Å². The van der Waals surface area contributed by atoms with Crippen molar-refractivity contribution in [3.05, 3.63) is 34.6 Å². The Labute approximate surface area is 124 Å². The summed E-state index contributed by atoms with van der Waals surface area (Å²) in [6, 6.07) is 4.44. The molecular weight excluding hydrogens is 283 g/mol. The zero-order chi connectivity index (χ0) is 14.4. The summed E-state index contributed by atoms with van der Waals surface area (Å²) in [5.41, 5.74) is 6.33. The second-order valence-electron chi connectivity index (χ2n) is 5.08. The van der Waals surface area contributed by atoms with Gasteiger partial charge in [-0.3, -0.25) is 4.90 Å². The van der Waals surface area contributed by atoms with Crippen LogP contribution in [0.1, 0.15) is 25.8 Å². The number of nitrogens with two attached hydrogens (primary N) is 1. The molecule has 0 aliphatic heterocycles. The van der Waals surface area contributed by atoms with Crippen LogP contribution in [-0.4, -0.2) is 23.0 Å². The van der Waals surface area contributed by atoms with Crippen LogP contribution in [0.25, 0.3) is 0 Å². The summed E-state index contributed by atoms with van der Waals surface area (Å²) in [7, 11) is 0. The molecule has 19 heavy (non-hydrogen) atoms. The average Bonchev–Trinajstić information content (AvgIpc) is 2.30. The number of nitrogens with zero attached hydrogens (tertiary/aromatic N) is 1. The quantitative estimate of drug-likeness (QED) is 0.780. The van der Waals surface area contributed by atoms with Crippen LogP contribution in [0.15, 0.2) is 18.2 Å². The largest absolute Gasteiger partial charge is 0.393 e. The molecule has 0 aliphatic carbocycles. The Balaban J connectivity index is 2.74. The lowest BCUT2D eigenvalue weighted by Gasteiger charge is -2.24. The van der Waals surface area contributed by atoms with Gasteiger partial charge in [-0.25, -0.2) is 4.39 Å². The fraction of sp³-hybridized carbons (Fsp3) is 0.500. The third-order valence-corrected chi connectivity index (χ3v) is 3.27. The van der Waals surface area contributed by atoms with Crippen molar-refractivity contribution in [2.75, 3.05) is 13.1 Å². The minimum atomic E-state index is -0.266. The minimum absolute atomic E-state index is 0.266. The van der Waals surface area contributed by atoms with Crippen molar-refractivity contribution >= 4 is 28.8 Å². The molecule has 5 heteroatoms. The van der Waals surface area contributed by atoms with Crippen LogP contribution in [-0.2, 0) is 6.54 Å². The highest BCUT2D eigenvalue weighted by molar-refractivity contribution is 7.80. The maximum Gasteiger partial charge on any atom is 0.123 e. The smallest absolute Gasteiger partial charge is 0.123 e.